The van der Waals surface area contributed by atoms with Gasteiger partial charge in [-0.25, -0.2) is 0 Å². The van der Waals surface area contributed by atoms with Gasteiger partial charge in [0.2, 0.25) is 0 Å². The molecule has 0 radical (unpaired) electrons. The molecule has 0 aromatic heterocycles. The highest BCUT2D eigenvalue weighted by atomic mass is 16.5. The Kier molecular flexibility index (Phi) is 7.23. The number of ether oxygens (including phenoxy) is 2. The first-order valence-electron chi connectivity index (χ1n) is 10.8. The highest BCUT2D eigenvalue weighted by Crippen LogP contribution is 2.23. The van der Waals surface area contributed by atoms with Gasteiger partial charge in [0.15, 0.2) is 5.96 Å². The van der Waals surface area contributed by atoms with Crippen molar-refractivity contribution in [3.8, 4) is 11.5 Å². The summed E-state index contributed by atoms with van der Waals surface area (Å²) in [5.41, 5.74) is 3.91. The SMILES string of the molecule is CN(C(=N)Nc1ccc(OCc2ccccc2)cc1)c1cccc(OCc2ccccc2)c1. The molecule has 166 valence electrons. The molecule has 5 heteroatoms. The fraction of sp³-hybridized carbons (Fsp3) is 0.107. The van der Waals surface area contributed by atoms with Crippen LogP contribution in [0.25, 0.3) is 0 Å². The normalized spacial score (nSPS) is 10.3. The van der Waals surface area contributed by atoms with Gasteiger partial charge in [-0.3, -0.25) is 5.41 Å². The molecular formula is C28H27N3O2. The predicted octanol–water partition coefficient (Wildman–Crippen LogP) is 6.33. The summed E-state index contributed by atoms with van der Waals surface area (Å²) in [6.07, 6.45) is 0. The highest BCUT2D eigenvalue weighted by Gasteiger charge is 2.09. The Bertz CT molecular complexity index is 1160. The summed E-state index contributed by atoms with van der Waals surface area (Å²) < 4.78 is 11.7. The molecule has 2 N–H and O–H groups in total. The lowest BCUT2D eigenvalue weighted by atomic mass is 10.2. The van der Waals surface area contributed by atoms with Crippen LogP contribution < -0.4 is 19.7 Å². The molecule has 0 amide bonds. The topological polar surface area (TPSA) is 57.6 Å². The Balaban J connectivity index is 1.31. The van der Waals surface area contributed by atoms with Gasteiger partial charge in [0, 0.05) is 24.5 Å². The molecule has 4 rings (SSSR count). The monoisotopic (exact) mass is 437 g/mol. The van der Waals surface area contributed by atoms with Crippen LogP contribution in [0.3, 0.4) is 0 Å². The zero-order valence-corrected chi connectivity index (χ0v) is 18.6. The molecule has 33 heavy (non-hydrogen) atoms. The van der Waals surface area contributed by atoms with Crippen LogP contribution in [0.1, 0.15) is 11.1 Å². The fourth-order valence-electron chi connectivity index (χ4n) is 3.25. The Labute approximate surface area is 194 Å². The van der Waals surface area contributed by atoms with Crippen LogP contribution >= 0.6 is 0 Å². The van der Waals surface area contributed by atoms with Crippen LogP contribution in [-0.4, -0.2) is 13.0 Å². The van der Waals surface area contributed by atoms with E-state index in [1.54, 1.807) is 4.90 Å². The van der Waals surface area contributed by atoms with Crippen molar-refractivity contribution >= 4 is 17.3 Å². The lowest BCUT2D eigenvalue weighted by Crippen LogP contribution is -2.31. The van der Waals surface area contributed by atoms with E-state index in [9.17, 15) is 0 Å². The van der Waals surface area contributed by atoms with Gasteiger partial charge in [0.05, 0.1) is 0 Å². The van der Waals surface area contributed by atoms with Crippen LogP contribution in [0.4, 0.5) is 11.4 Å². The molecule has 0 bridgehead atoms. The second-order valence-electron chi connectivity index (χ2n) is 7.60. The van der Waals surface area contributed by atoms with E-state index in [1.165, 1.54) is 0 Å². The van der Waals surface area contributed by atoms with E-state index in [-0.39, 0.29) is 5.96 Å². The van der Waals surface area contributed by atoms with Crippen LogP contribution in [0.5, 0.6) is 11.5 Å². The fourth-order valence-corrected chi connectivity index (χ4v) is 3.25. The molecule has 0 fully saturated rings. The third-order valence-corrected chi connectivity index (χ3v) is 5.15. The smallest absolute Gasteiger partial charge is 0.199 e. The number of benzene rings is 4. The molecule has 0 heterocycles. The zero-order chi connectivity index (χ0) is 22.9. The molecule has 0 spiro atoms. The first kappa shape index (κ1) is 22.0. The van der Waals surface area contributed by atoms with E-state index >= 15 is 0 Å². The maximum atomic E-state index is 8.47. The summed E-state index contributed by atoms with van der Waals surface area (Å²) in [6, 6.07) is 35.5. The lowest BCUT2D eigenvalue weighted by molar-refractivity contribution is 0.306. The van der Waals surface area contributed by atoms with Gasteiger partial charge in [-0.2, -0.15) is 0 Å². The maximum absolute atomic E-state index is 8.47. The highest BCUT2D eigenvalue weighted by molar-refractivity contribution is 6.03. The third-order valence-electron chi connectivity index (χ3n) is 5.15. The van der Waals surface area contributed by atoms with Crippen molar-refractivity contribution in [3.63, 3.8) is 0 Å². The summed E-state index contributed by atoms with van der Waals surface area (Å²) >= 11 is 0. The Morgan fingerprint density at radius 1 is 0.697 bits per heavy atom. The predicted molar refractivity (Wildman–Crippen MR) is 134 cm³/mol. The molecule has 0 unspecified atom stereocenters. The second kappa shape index (κ2) is 10.9. The molecule has 4 aromatic carbocycles. The number of anilines is 2. The van der Waals surface area contributed by atoms with Crippen LogP contribution in [0, 0.1) is 5.41 Å². The van der Waals surface area contributed by atoms with E-state index in [0.29, 0.717) is 13.2 Å². The van der Waals surface area contributed by atoms with Crippen LogP contribution in [-0.2, 0) is 13.2 Å². The van der Waals surface area contributed by atoms with Crippen LogP contribution in [0.15, 0.2) is 109 Å². The van der Waals surface area contributed by atoms with Crippen molar-refractivity contribution in [3.05, 3.63) is 120 Å². The zero-order valence-electron chi connectivity index (χ0n) is 18.6. The van der Waals surface area contributed by atoms with Gasteiger partial charge in [-0.15, -0.1) is 0 Å². The molecule has 4 aromatic rings. The number of guanidine groups is 1. The van der Waals surface area contributed by atoms with Gasteiger partial charge >= 0.3 is 0 Å². The largest absolute Gasteiger partial charge is 0.489 e. The molecule has 0 saturated carbocycles. The van der Waals surface area contributed by atoms with Gasteiger partial charge in [0.25, 0.3) is 0 Å². The van der Waals surface area contributed by atoms with Crippen molar-refractivity contribution in [2.75, 3.05) is 17.3 Å². The number of rotatable bonds is 8. The first-order chi connectivity index (χ1) is 16.2. The van der Waals surface area contributed by atoms with Crippen molar-refractivity contribution < 1.29 is 9.47 Å². The minimum absolute atomic E-state index is 0.258. The number of hydrogen-bond donors (Lipinski definition) is 2. The number of hydrogen-bond acceptors (Lipinski definition) is 3. The summed E-state index contributed by atoms with van der Waals surface area (Å²) in [5, 5.41) is 11.6. The summed E-state index contributed by atoms with van der Waals surface area (Å²) in [6.45, 7) is 1.03. The molecule has 0 aliphatic heterocycles. The standard InChI is InChI=1S/C28H27N3O2/c1-31(25-13-8-14-27(19-25)33-21-23-11-6-3-7-12-23)28(29)30-24-15-17-26(18-16-24)32-20-22-9-4-2-5-10-22/h2-19H,20-21H2,1H3,(H2,29,30). The average Bonchev–Trinajstić information content (AvgIpc) is 2.88. The summed E-state index contributed by atoms with van der Waals surface area (Å²) in [7, 11) is 1.85. The Morgan fingerprint density at radius 2 is 1.27 bits per heavy atom. The molecule has 5 nitrogen and oxygen atoms in total. The van der Waals surface area contributed by atoms with Gasteiger partial charge in [0.1, 0.15) is 24.7 Å². The number of nitrogens with one attached hydrogen (secondary N) is 2. The van der Waals surface area contributed by atoms with E-state index in [1.807, 2.05) is 116 Å². The summed E-state index contributed by atoms with van der Waals surface area (Å²) in [4.78, 5) is 1.77. The maximum Gasteiger partial charge on any atom is 0.199 e. The van der Waals surface area contributed by atoms with E-state index in [2.05, 4.69) is 5.32 Å². The molecular weight excluding hydrogens is 410 g/mol. The Hall–Kier alpha value is -4.25. The first-order valence-corrected chi connectivity index (χ1v) is 10.8. The minimum Gasteiger partial charge on any atom is -0.489 e. The second-order valence-corrected chi connectivity index (χ2v) is 7.60. The van der Waals surface area contributed by atoms with E-state index in [4.69, 9.17) is 14.9 Å². The summed E-state index contributed by atoms with van der Waals surface area (Å²) in [5.74, 6) is 1.80. The van der Waals surface area contributed by atoms with Crippen molar-refractivity contribution in [2.24, 2.45) is 0 Å². The van der Waals surface area contributed by atoms with E-state index in [0.717, 1.165) is 34.0 Å². The molecule has 0 saturated heterocycles. The van der Waals surface area contributed by atoms with Crippen molar-refractivity contribution in [1.82, 2.24) is 0 Å². The van der Waals surface area contributed by atoms with Gasteiger partial charge < -0.3 is 19.7 Å². The van der Waals surface area contributed by atoms with Crippen LogP contribution in [0.2, 0.25) is 0 Å². The third kappa shape index (κ3) is 6.37. The van der Waals surface area contributed by atoms with Crippen molar-refractivity contribution in [1.29, 1.82) is 5.41 Å². The lowest BCUT2D eigenvalue weighted by Gasteiger charge is -2.22. The van der Waals surface area contributed by atoms with Gasteiger partial charge in [-0.05, 0) is 47.5 Å². The molecule has 0 atom stereocenters. The Morgan fingerprint density at radius 3 is 1.88 bits per heavy atom. The van der Waals surface area contributed by atoms with E-state index < -0.39 is 0 Å². The number of nitrogens with zero attached hydrogens (tertiary/aromatic N) is 1. The average molecular weight is 438 g/mol. The van der Waals surface area contributed by atoms with Crippen molar-refractivity contribution in [2.45, 2.75) is 13.2 Å². The molecule has 0 aliphatic carbocycles. The van der Waals surface area contributed by atoms with Gasteiger partial charge in [-0.1, -0.05) is 66.7 Å². The minimum atomic E-state index is 0.258. The molecule has 0 aliphatic rings. The quantitative estimate of drug-likeness (QED) is 0.250.